The van der Waals surface area contributed by atoms with Crippen molar-refractivity contribution in [2.75, 3.05) is 13.1 Å². The number of likely N-dealkylation sites (tertiary alicyclic amines) is 1. The number of nitrogens with zero attached hydrogens (tertiary/aromatic N) is 3. The summed E-state index contributed by atoms with van der Waals surface area (Å²) in [7, 11) is 0. The molecule has 1 saturated heterocycles. The van der Waals surface area contributed by atoms with Crippen molar-refractivity contribution in [3.63, 3.8) is 0 Å². The SMILES string of the molecule is CC(C)c1cnn2ccc(C(C)N3CCCC3)cc12. The van der Waals surface area contributed by atoms with Crippen LogP contribution in [0.3, 0.4) is 0 Å². The van der Waals surface area contributed by atoms with E-state index in [2.05, 4.69) is 49.1 Å². The molecule has 1 aliphatic rings. The fourth-order valence-electron chi connectivity index (χ4n) is 3.06. The van der Waals surface area contributed by atoms with Crippen molar-refractivity contribution in [2.45, 2.75) is 45.6 Å². The summed E-state index contributed by atoms with van der Waals surface area (Å²) in [6.07, 6.45) is 6.79. The van der Waals surface area contributed by atoms with E-state index < -0.39 is 0 Å². The van der Waals surface area contributed by atoms with Crippen LogP contribution in [0.2, 0.25) is 0 Å². The lowest BCUT2D eigenvalue weighted by molar-refractivity contribution is 0.263. The molecule has 3 nitrogen and oxygen atoms in total. The predicted molar refractivity (Wildman–Crippen MR) is 78.5 cm³/mol. The average Bonchev–Trinajstić information content (AvgIpc) is 3.06. The summed E-state index contributed by atoms with van der Waals surface area (Å²) in [5.41, 5.74) is 4.02. The van der Waals surface area contributed by atoms with Gasteiger partial charge in [-0.05, 0) is 56.5 Å². The van der Waals surface area contributed by atoms with E-state index in [9.17, 15) is 0 Å². The van der Waals surface area contributed by atoms with E-state index in [1.807, 2.05) is 10.7 Å². The third-order valence-electron chi connectivity index (χ3n) is 4.37. The van der Waals surface area contributed by atoms with E-state index in [1.165, 1.54) is 42.6 Å². The highest BCUT2D eigenvalue weighted by Gasteiger charge is 2.20. The van der Waals surface area contributed by atoms with Crippen molar-refractivity contribution < 1.29 is 0 Å². The number of aromatic nitrogens is 2. The van der Waals surface area contributed by atoms with Crippen LogP contribution in [0, 0.1) is 0 Å². The topological polar surface area (TPSA) is 20.5 Å². The second-order valence-corrected chi connectivity index (χ2v) is 5.96. The minimum atomic E-state index is 0.516. The lowest BCUT2D eigenvalue weighted by Gasteiger charge is -2.24. The van der Waals surface area contributed by atoms with Gasteiger partial charge in [0, 0.05) is 17.8 Å². The highest BCUT2D eigenvalue weighted by molar-refractivity contribution is 5.56. The van der Waals surface area contributed by atoms with E-state index in [0.29, 0.717) is 12.0 Å². The molecule has 1 fully saturated rings. The maximum Gasteiger partial charge on any atom is 0.0699 e. The zero-order valence-corrected chi connectivity index (χ0v) is 12.1. The van der Waals surface area contributed by atoms with Gasteiger partial charge in [0.25, 0.3) is 0 Å². The van der Waals surface area contributed by atoms with Gasteiger partial charge in [-0.1, -0.05) is 13.8 Å². The lowest BCUT2D eigenvalue weighted by atomic mass is 10.0. The number of hydrogen-bond acceptors (Lipinski definition) is 2. The van der Waals surface area contributed by atoms with Crippen LogP contribution in [-0.4, -0.2) is 27.6 Å². The third kappa shape index (κ3) is 2.27. The monoisotopic (exact) mass is 257 g/mol. The lowest BCUT2D eigenvalue weighted by Crippen LogP contribution is -2.23. The predicted octanol–water partition coefficient (Wildman–Crippen LogP) is 3.61. The maximum atomic E-state index is 4.44. The maximum absolute atomic E-state index is 4.44. The molecule has 0 spiro atoms. The van der Waals surface area contributed by atoms with Gasteiger partial charge in [0.05, 0.1) is 11.7 Å². The molecule has 0 saturated carbocycles. The van der Waals surface area contributed by atoms with Crippen LogP contribution in [0.4, 0.5) is 0 Å². The molecule has 0 amide bonds. The summed E-state index contributed by atoms with van der Waals surface area (Å²) in [6.45, 7) is 9.26. The van der Waals surface area contributed by atoms with Gasteiger partial charge >= 0.3 is 0 Å². The Bertz CT molecular complexity index is 564. The minimum Gasteiger partial charge on any atom is -0.297 e. The highest BCUT2D eigenvalue weighted by atomic mass is 15.2. The highest BCUT2D eigenvalue weighted by Crippen LogP contribution is 2.27. The Morgan fingerprint density at radius 1 is 1.16 bits per heavy atom. The molecule has 102 valence electrons. The van der Waals surface area contributed by atoms with Crippen molar-refractivity contribution in [1.29, 1.82) is 0 Å². The van der Waals surface area contributed by atoms with E-state index in [0.717, 1.165) is 0 Å². The molecule has 2 aromatic rings. The minimum absolute atomic E-state index is 0.516. The Labute approximate surface area is 115 Å². The second-order valence-electron chi connectivity index (χ2n) is 5.96. The van der Waals surface area contributed by atoms with Gasteiger partial charge in [-0.25, -0.2) is 4.52 Å². The Kier molecular flexibility index (Phi) is 3.31. The van der Waals surface area contributed by atoms with Crippen LogP contribution in [0.1, 0.15) is 56.7 Å². The number of fused-ring (bicyclic) bond motifs is 1. The van der Waals surface area contributed by atoms with E-state index >= 15 is 0 Å². The molecule has 1 unspecified atom stereocenters. The van der Waals surface area contributed by atoms with E-state index in [-0.39, 0.29) is 0 Å². The summed E-state index contributed by atoms with van der Waals surface area (Å²) in [5, 5.41) is 4.44. The summed E-state index contributed by atoms with van der Waals surface area (Å²) >= 11 is 0. The molecule has 3 rings (SSSR count). The number of pyridine rings is 1. The van der Waals surface area contributed by atoms with Crippen molar-refractivity contribution in [1.82, 2.24) is 14.5 Å². The molecule has 1 atom stereocenters. The van der Waals surface area contributed by atoms with Crippen LogP contribution in [-0.2, 0) is 0 Å². The average molecular weight is 257 g/mol. The normalized spacial score (nSPS) is 18.5. The largest absolute Gasteiger partial charge is 0.297 e. The Morgan fingerprint density at radius 3 is 2.58 bits per heavy atom. The first-order valence-corrected chi connectivity index (χ1v) is 7.38. The van der Waals surface area contributed by atoms with Crippen LogP contribution in [0.5, 0.6) is 0 Å². The van der Waals surface area contributed by atoms with Gasteiger partial charge in [0.1, 0.15) is 0 Å². The first-order chi connectivity index (χ1) is 9.16. The zero-order valence-electron chi connectivity index (χ0n) is 12.1. The fourth-order valence-corrected chi connectivity index (χ4v) is 3.06. The van der Waals surface area contributed by atoms with Crippen molar-refractivity contribution in [3.05, 3.63) is 35.7 Å². The molecule has 0 radical (unpaired) electrons. The zero-order chi connectivity index (χ0) is 13.4. The van der Waals surface area contributed by atoms with Crippen LogP contribution >= 0.6 is 0 Å². The van der Waals surface area contributed by atoms with Crippen LogP contribution < -0.4 is 0 Å². The van der Waals surface area contributed by atoms with Gasteiger partial charge in [-0.3, -0.25) is 4.90 Å². The molecule has 0 N–H and O–H groups in total. The Balaban J connectivity index is 1.97. The van der Waals surface area contributed by atoms with Gasteiger partial charge in [0.15, 0.2) is 0 Å². The van der Waals surface area contributed by atoms with Crippen LogP contribution in [0.25, 0.3) is 5.52 Å². The summed E-state index contributed by atoms with van der Waals surface area (Å²) in [5.74, 6) is 0.523. The van der Waals surface area contributed by atoms with Gasteiger partial charge < -0.3 is 0 Å². The fraction of sp³-hybridized carbons (Fsp3) is 0.562. The van der Waals surface area contributed by atoms with Crippen molar-refractivity contribution in [2.24, 2.45) is 0 Å². The molecule has 19 heavy (non-hydrogen) atoms. The van der Waals surface area contributed by atoms with Crippen molar-refractivity contribution in [3.8, 4) is 0 Å². The van der Waals surface area contributed by atoms with Crippen molar-refractivity contribution >= 4 is 5.52 Å². The van der Waals surface area contributed by atoms with Gasteiger partial charge in [0.2, 0.25) is 0 Å². The van der Waals surface area contributed by atoms with E-state index in [4.69, 9.17) is 0 Å². The Morgan fingerprint density at radius 2 is 1.89 bits per heavy atom. The van der Waals surface area contributed by atoms with E-state index in [1.54, 1.807) is 0 Å². The quantitative estimate of drug-likeness (QED) is 0.837. The molecule has 2 aromatic heterocycles. The van der Waals surface area contributed by atoms with Gasteiger partial charge in [-0.15, -0.1) is 0 Å². The molecular weight excluding hydrogens is 234 g/mol. The standard InChI is InChI=1S/C16H23N3/c1-12(2)15-11-17-19-9-6-14(10-16(15)19)13(3)18-7-4-5-8-18/h6,9-13H,4-5,7-8H2,1-3H3. The summed E-state index contributed by atoms with van der Waals surface area (Å²) < 4.78 is 2.00. The first kappa shape index (κ1) is 12.7. The molecule has 1 aliphatic heterocycles. The number of rotatable bonds is 3. The first-order valence-electron chi connectivity index (χ1n) is 7.38. The molecule has 3 heterocycles. The molecule has 3 heteroatoms. The molecule has 0 bridgehead atoms. The number of hydrogen-bond donors (Lipinski definition) is 0. The molecule has 0 aliphatic carbocycles. The molecular formula is C16H23N3. The summed E-state index contributed by atoms with van der Waals surface area (Å²) in [4.78, 5) is 2.58. The smallest absolute Gasteiger partial charge is 0.0699 e. The summed E-state index contributed by atoms with van der Waals surface area (Å²) in [6, 6.07) is 5.06. The molecule has 0 aromatic carbocycles. The third-order valence-corrected chi connectivity index (χ3v) is 4.37. The Hall–Kier alpha value is -1.35. The van der Waals surface area contributed by atoms with Gasteiger partial charge in [-0.2, -0.15) is 5.10 Å². The van der Waals surface area contributed by atoms with Crippen LogP contribution in [0.15, 0.2) is 24.5 Å². The second kappa shape index (κ2) is 4.97.